The Morgan fingerprint density at radius 2 is 2.27 bits per heavy atom. The summed E-state index contributed by atoms with van der Waals surface area (Å²) >= 11 is 0. The van der Waals surface area contributed by atoms with Crippen LogP contribution >= 0.6 is 0 Å². The number of carbonyl (C=O) groups excluding carboxylic acids is 1. The quantitative estimate of drug-likeness (QED) is 0.478. The van der Waals surface area contributed by atoms with Crippen molar-refractivity contribution in [3.05, 3.63) is 0 Å². The number of hydrogen-bond donors (Lipinski definition) is 1. The molecule has 60 valence electrons. The summed E-state index contributed by atoms with van der Waals surface area (Å²) < 4.78 is 0. The van der Waals surface area contributed by atoms with E-state index < -0.39 is 6.17 Å². The predicted molar refractivity (Wildman–Crippen MR) is 42.6 cm³/mol. The van der Waals surface area contributed by atoms with Gasteiger partial charge in [-0.25, -0.2) is 9.98 Å². The molecule has 0 bridgehead atoms. The molecule has 0 aliphatic carbocycles. The van der Waals surface area contributed by atoms with Gasteiger partial charge in [-0.2, -0.15) is 0 Å². The molecule has 0 aromatic rings. The van der Waals surface area contributed by atoms with Crippen LogP contribution in [0.5, 0.6) is 0 Å². The van der Waals surface area contributed by atoms with Crippen molar-refractivity contribution in [1.29, 1.82) is 0 Å². The molecule has 11 heavy (non-hydrogen) atoms. The van der Waals surface area contributed by atoms with Crippen molar-refractivity contribution in [3.8, 4) is 0 Å². The fraction of sp³-hybridized carbons (Fsp3) is 0.500. The molecule has 1 heterocycles. The van der Waals surface area contributed by atoms with Crippen LogP contribution in [0.1, 0.15) is 0 Å². The number of nitrogens with two attached hydrogens (primary N) is 1. The molecule has 5 nitrogen and oxygen atoms in total. The number of carbonyl (C=O) groups is 1. The Morgan fingerprint density at radius 3 is 2.73 bits per heavy atom. The molecule has 0 radical (unpaired) electrons. The third-order valence-electron chi connectivity index (χ3n) is 1.25. The second-order valence-electron chi connectivity index (χ2n) is 2.43. The van der Waals surface area contributed by atoms with Gasteiger partial charge in [0.15, 0.2) is 6.17 Å². The van der Waals surface area contributed by atoms with E-state index in [1.807, 2.05) is 0 Å². The van der Waals surface area contributed by atoms with Gasteiger partial charge in [0.2, 0.25) is 11.7 Å². The summed E-state index contributed by atoms with van der Waals surface area (Å²) in [4.78, 5) is 20.1. The van der Waals surface area contributed by atoms with E-state index in [1.54, 1.807) is 19.0 Å². The van der Waals surface area contributed by atoms with Gasteiger partial charge in [0, 0.05) is 14.1 Å². The van der Waals surface area contributed by atoms with Crippen molar-refractivity contribution in [1.82, 2.24) is 4.90 Å². The summed E-state index contributed by atoms with van der Waals surface area (Å²) in [7, 11) is 3.58. The maximum atomic E-state index is 10.8. The van der Waals surface area contributed by atoms with Gasteiger partial charge in [0.25, 0.3) is 0 Å². The zero-order valence-corrected chi connectivity index (χ0v) is 6.48. The van der Waals surface area contributed by atoms with E-state index >= 15 is 0 Å². The second-order valence-corrected chi connectivity index (χ2v) is 2.43. The summed E-state index contributed by atoms with van der Waals surface area (Å²) in [6.45, 7) is 0. The van der Waals surface area contributed by atoms with Gasteiger partial charge in [-0.1, -0.05) is 0 Å². The van der Waals surface area contributed by atoms with Crippen molar-refractivity contribution in [3.63, 3.8) is 0 Å². The van der Waals surface area contributed by atoms with Crippen LogP contribution in [0.4, 0.5) is 0 Å². The van der Waals surface area contributed by atoms with Crippen LogP contribution in [0.25, 0.3) is 0 Å². The minimum absolute atomic E-state index is 0.254. The summed E-state index contributed by atoms with van der Waals surface area (Å²) in [5.74, 6) is 0.229. The number of Topliss-reactive ketones (excluding diaryl/α,β-unsaturated/α-hetero) is 1. The standard InChI is InChI=1S/C6H10N4O/c1-10(2)6-8-3-4(11)5(7)9-6/h3,5H,7H2,1-2H3. The van der Waals surface area contributed by atoms with Gasteiger partial charge in [-0.05, 0) is 0 Å². The lowest BCUT2D eigenvalue weighted by atomic mass is 10.3. The topological polar surface area (TPSA) is 71.0 Å². The average Bonchev–Trinajstić information content (AvgIpc) is 1.94. The normalized spacial score (nSPS) is 23.4. The van der Waals surface area contributed by atoms with Crippen molar-refractivity contribution >= 4 is 18.0 Å². The minimum Gasteiger partial charge on any atom is -0.347 e. The third-order valence-corrected chi connectivity index (χ3v) is 1.25. The Kier molecular flexibility index (Phi) is 2.00. The van der Waals surface area contributed by atoms with Crippen LogP contribution in [0.15, 0.2) is 9.98 Å². The Morgan fingerprint density at radius 1 is 1.64 bits per heavy atom. The van der Waals surface area contributed by atoms with Crippen LogP contribution in [0, 0.1) is 0 Å². The van der Waals surface area contributed by atoms with Gasteiger partial charge in [-0.3, -0.25) is 4.79 Å². The molecule has 0 saturated heterocycles. The lowest BCUT2D eigenvalue weighted by Gasteiger charge is -2.15. The molecule has 0 spiro atoms. The van der Waals surface area contributed by atoms with Gasteiger partial charge in [-0.15, -0.1) is 0 Å². The fourth-order valence-electron chi connectivity index (χ4n) is 0.650. The van der Waals surface area contributed by atoms with Gasteiger partial charge in [0.1, 0.15) is 0 Å². The van der Waals surface area contributed by atoms with E-state index in [1.165, 1.54) is 6.21 Å². The van der Waals surface area contributed by atoms with Crippen molar-refractivity contribution in [2.45, 2.75) is 6.17 Å². The van der Waals surface area contributed by atoms with E-state index in [2.05, 4.69) is 9.98 Å². The highest BCUT2D eigenvalue weighted by Gasteiger charge is 2.16. The average molecular weight is 154 g/mol. The zero-order valence-electron chi connectivity index (χ0n) is 6.48. The molecule has 0 fully saturated rings. The highest BCUT2D eigenvalue weighted by molar-refractivity contribution is 6.32. The number of rotatable bonds is 0. The Balaban J connectivity index is 2.80. The highest BCUT2D eigenvalue weighted by Crippen LogP contribution is 1.95. The number of ketones is 1. The van der Waals surface area contributed by atoms with Crippen LogP contribution in [-0.2, 0) is 4.79 Å². The minimum atomic E-state index is -0.773. The number of guanidine groups is 1. The summed E-state index contributed by atoms with van der Waals surface area (Å²) in [6.07, 6.45) is 0.428. The lowest BCUT2D eigenvalue weighted by molar-refractivity contribution is -0.113. The molecular weight excluding hydrogens is 144 g/mol. The Labute approximate surface area is 64.6 Å². The van der Waals surface area contributed by atoms with Crippen molar-refractivity contribution in [2.75, 3.05) is 14.1 Å². The van der Waals surface area contributed by atoms with E-state index in [0.717, 1.165) is 0 Å². The third kappa shape index (κ3) is 1.62. The van der Waals surface area contributed by atoms with Crippen LogP contribution in [0.3, 0.4) is 0 Å². The Bertz CT molecular complexity index is 231. The first-order valence-corrected chi connectivity index (χ1v) is 3.20. The molecule has 1 atom stereocenters. The summed E-state index contributed by atoms with van der Waals surface area (Å²) in [5.41, 5.74) is 5.35. The van der Waals surface area contributed by atoms with Crippen LogP contribution in [-0.4, -0.2) is 43.1 Å². The summed E-state index contributed by atoms with van der Waals surface area (Å²) in [6, 6.07) is 0. The maximum absolute atomic E-state index is 10.8. The summed E-state index contributed by atoms with van der Waals surface area (Å²) in [5, 5.41) is 0. The number of hydrogen-bond acceptors (Lipinski definition) is 5. The molecule has 1 rings (SSSR count). The Hall–Kier alpha value is -1.23. The maximum Gasteiger partial charge on any atom is 0.222 e. The SMILES string of the molecule is CN(C)C1=NC(N)C(=O)C=N1. The number of nitrogens with zero attached hydrogens (tertiary/aromatic N) is 3. The molecule has 0 amide bonds. The van der Waals surface area contributed by atoms with E-state index in [4.69, 9.17) is 5.73 Å². The second kappa shape index (κ2) is 2.79. The molecule has 2 N–H and O–H groups in total. The first kappa shape index (κ1) is 7.87. The first-order valence-electron chi connectivity index (χ1n) is 3.20. The molecule has 1 aliphatic heterocycles. The monoisotopic (exact) mass is 154 g/mol. The first-order chi connectivity index (χ1) is 5.11. The van der Waals surface area contributed by atoms with E-state index in [9.17, 15) is 4.79 Å². The van der Waals surface area contributed by atoms with Gasteiger partial charge >= 0.3 is 0 Å². The molecule has 5 heteroatoms. The predicted octanol–water partition coefficient (Wildman–Crippen LogP) is -1.16. The molecule has 0 aromatic heterocycles. The van der Waals surface area contributed by atoms with Crippen LogP contribution in [0.2, 0.25) is 0 Å². The molecule has 1 aliphatic rings. The van der Waals surface area contributed by atoms with Crippen molar-refractivity contribution in [2.24, 2.45) is 15.7 Å². The van der Waals surface area contributed by atoms with E-state index in [-0.39, 0.29) is 5.78 Å². The molecule has 1 unspecified atom stereocenters. The van der Waals surface area contributed by atoms with Gasteiger partial charge < -0.3 is 10.6 Å². The van der Waals surface area contributed by atoms with Gasteiger partial charge in [0.05, 0.1) is 6.21 Å². The largest absolute Gasteiger partial charge is 0.347 e. The molecule has 0 aromatic carbocycles. The van der Waals surface area contributed by atoms with Crippen LogP contribution < -0.4 is 5.73 Å². The molecule has 0 saturated carbocycles. The smallest absolute Gasteiger partial charge is 0.222 e. The van der Waals surface area contributed by atoms with Crippen molar-refractivity contribution < 1.29 is 4.79 Å². The molecular formula is C6H10N4O. The number of aliphatic imine (C=N–C) groups is 2. The highest BCUT2D eigenvalue weighted by atomic mass is 16.1. The lowest BCUT2D eigenvalue weighted by Crippen LogP contribution is -2.36. The van der Waals surface area contributed by atoms with E-state index in [0.29, 0.717) is 5.96 Å². The zero-order chi connectivity index (χ0) is 8.43. The fourth-order valence-corrected chi connectivity index (χ4v) is 0.650.